The van der Waals surface area contributed by atoms with Crippen molar-refractivity contribution >= 4 is 28.7 Å². The molecule has 1 aromatic heterocycles. The second kappa shape index (κ2) is 8.10. The molecule has 29 heavy (non-hydrogen) atoms. The van der Waals surface area contributed by atoms with Gasteiger partial charge in [-0.1, -0.05) is 42.0 Å². The number of carboxylic acids is 1. The zero-order chi connectivity index (χ0) is 21.0. The molecule has 1 heterocycles. The lowest BCUT2D eigenvalue weighted by Crippen LogP contribution is -2.55. The number of hydrogen-bond acceptors (Lipinski definition) is 4. The van der Waals surface area contributed by atoms with Gasteiger partial charge < -0.3 is 16.2 Å². The van der Waals surface area contributed by atoms with Gasteiger partial charge in [0, 0.05) is 29.1 Å². The molecule has 7 heteroatoms. The van der Waals surface area contributed by atoms with Crippen LogP contribution in [-0.4, -0.2) is 27.9 Å². The number of primary amides is 1. The fourth-order valence-electron chi connectivity index (χ4n) is 3.30. The summed E-state index contributed by atoms with van der Waals surface area (Å²) in [6.07, 6.45) is 1.00. The number of nitrogens with zero attached hydrogens (tertiary/aromatic N) is 1. The summed E-state index contributed by atoms with van der Waals surface area (Å²) >= 11 is 0. The van der Waals surface area contributed by atoms with Crippen LogP contribution in [0.3, 0.4) is 0 Å². The topological polar surface area (TPSA) is 122 Å². The smallest absolute Gasteiger partial charge is 0.303 e. The van der Waals surface area contributed by atoms with Crippen molar-refractivity contribution in [1.82, 2.24) is 10.3 Å². The lowest BCUT2D eigenvalue weighted by Gasteiger charge is -2.32. The third kappa shape index (κ3) is 4.08. The molecule has 1 atom stereocenters. The molecule has 148 valence electrons. The first-order valence-corrected chi connectivity index (χ1v) is 9.08. The first-order valence-electron chi connectivity index (χ1n) is 9.08. The molecule has 0 aliphatic carbocycles. The van der Waals surface area contributed by atoms with Crippen LogP contribution in [0.5, 0.6) is 0 Å². The number of benzene rings is 2. The van der Waals surface area contributed by atoms with Crippen LogP contribution in [0.15, 0.2) is 60.8 Å². The molecule has 0 spiro atoms. The molecular formula is C22H21N3O4. The molecule has 3 rings (SSSR count). The Morgan fingerprint density at radius 3 is 2.41 bits per heavy atom. The number of rotatable bonds is 7. The molecule has 2 aromatic carbocycles. The number of carbonyl (C=O) groups is 3. The van der Waals surface area contributed by atoms with Crippen LogP contribution in [0.25, 0.3) is 10.9 Å². The van der Waals surface area contributed by atoms with Crippen molar-refractivity contribution in [1.29, 1.82) is 0 Å². The number of aryl methyl sites for hydroxylation is 1. The van der Waals surface area contributed by atoms with E-state index in [2.05, 4.69) is 10.3 Å². The molecule has 0 radical (unpaired) electrons. The van der Waals surface area contributed by atoms with E-state index in [0.717, 1.165) is 10.9 Å². The van der Waals surface area contributed by atoms with Crippen LogP contribution in [0.1, 0.15) is 34.3 Å². The van der Waals surface area contributed by atoms with E-state index in [1.807, 2.05) is 19.1 Å². The molecule has 2 amide bonds. The summed E-state index contributed by atoms with van der Waals surface area (Å²) in [5, 5.41) is 12.7. The van der Waals surface area contributed by atoms with E-state index >= 15 is 0 Å². The molecule has 0 saturated carbocycles. The largest absolute Gasteiger partial charge is 0.481 e. The Hall–Kier alpha value is -3.74. The lowest BCUT2D eigenvalue weighted by atomic mass is 9.82. The van der Waals surface area contributed by atoms with Crippen LogP contribution in [-0.2, 0) is 15.1 Å². The molecule has 0 bridgehead atoms. The van der Waals surface area contributed by atoms with E-state index in [1.54, 1.807) is 48.7 Å². The van der Waals surface area contributed by atoms with Crippen molar-refractivity contribution in [3.05, 3.63) is 77.5 Å². The number of carboxylic acid groups (broad SMARTS) is 1. The van der Waals surface area contributed by atoms with Gasteiger partial charge in [0.1, 0.15) is 5.54 Å². The minimum absolute atomic E-state index is 0.203. The number of aromatic nitrogens is 1. The van der Waals surface area contributed by atoms with Crippen LogP contribution in [0.4, 0.5) is 0 Å². The third-order valence-electron chi connectivity index (χ3n) is 4.87. The van der Waals surface area contributed by atoms with E-state index < -0.39 is 23.3 Å². The second-order valence-corrected chi connectivity index (χ2v) is 6.86. The monoisotopic (exact) mass is 391 g/mol. The Balaban J connectivity index is 2.14. The summed E-state index contributed by atoms with van der Waals surface area (Å²) in [6, 6.07) is 15.6. The predicted molar refractivity (Wildman–Crippen MR) is 108 cm³/mol. The molecule has 7 nitrogen and oxygen atoms in total. The average molecular weight is 391 g/mol. The van der Waals surface area contributed by atoms with Crippen LogP contribution in [0, 0.1) is 6.92 Å². The third-order valence-corrected chi connectivity index (χ3v) is 4.87. The minimum Gasteiger partial charge on any atom is -0.481 e. The number of aliphatic carboxylic acids is 1. The van der Waals surface area contributed by atoms with Gasteiger partial charge in [0.05, 0.1) is 5.52 Å². The standard InChI is InChI=1S/C22H21N3O4/c1-14-7-9-16(10-8-14)20(28)25-22(21(23)29,12-11-18(26)27)17-6-2-4-15-5-3-13-24-19(15)17/h2-10,13H,11-12H2,1H3,(H2,23,29)(H,25,28)(H,26,27). The van der Waals surface area contributed by atoms with E-state index in [9.17, 15) is 19.5 Å². The van der Waals surface area contributed by atoms with Crippen LogP contribution < -0.4 is 11.1 Å². The first kappa shape index (κ1) is 20.0. The predicted octanol–water partition coefficient (Wildman–Crippen LogP) is 2.52. The van der Waals surface area contributed by atoms with Crippen molar-refractivity contribution in [2.45, 2.75) is 25.3 Å². The highest BCUT2D eigenvalue weighted by Gasteiger charge is 2.42. The maximum atomic E-state index is 12.9. The lowest BCUT2D eigenvalue weighted by molar-refractivity contribution is -0.137. The summed E-state index contributed by atoms with van der Waals surface area (Å²) in [7, 11) is 0. The molecule has 1 unspecified atom stereocenters. The molecule has 0 aliphatic rings. The maximum absolute atomic E-state index is 12.9. The fraction of sp³-hybridized carbons (Fsp3) is 0.182. The van der Waals surface area contributed by atoms with Gasteiger partial charge in [-0.3, -0.25) is 19.4 Å². The normalized spacial score (nSPS) is 12.9. The zero-order valence-electron chi connectivity index (χ0n) is 15.9. The van der Waals surface area contributed by atoms with E-state index in [4.69, 9.17) is 5.73 Å². The van der Waals surface area contributed by atoms with Crippen molar-refractivity contribution < 1.29 is 19.5 Å². The Morgan fingerprint density at radius 1 is 1.07 bits per heavy atom. The summed E-state index contributed by atoms with van der Waals surface area (Å²) in [5.41, 5.74) is 6.19. The Labute approximate surface area is 167 Å². The number of pyridine rings is 1. The number of hydrogen-bond donors (Lipinski definition) is 3. The van der Waals surface area contributed by atoms with Gasteiger partial charge in [-0.15, -0.1) is 0 Å². The van der Waals surface area contributed by atoms with Crippen LogP contribution in [0.2, 0.25) is 0 Å². The average Bonchev–Trinajstić information content (AvgIpc) is 2.71. The summed E-state index contributed by atoms with van der Waals surface area (Å²) < 4.78 is 0. The summed E-state index contributed by atoms with van der Waals surface area (Å²) in [6.45, 7) is 1.89. The SMILES string of the molecule is Cc1ccc(C(=O)NC(CCC(=O)O)(C(N)=O)c2cccc3cccnc23)cc1. The fourth-order valence-corrected chi connectivity index (χ4v) is 3.30. The highest BCUT2D eigenvalue weighted by Crippen LogP contribution is 2.32. The van der Waals surface area contributed by atoms with Gasteiger partial charge in [0.2, 0.25) is 5.91 Å². The number of carbonyl (C=O) groups excluding carboxylic acids is 2. The highest BCUT2D eigenvalue weighted by molar-refractivity contribution is 6.01. The van der Waals surface area contributed by atoms with Crippen molar-refractivity contribution in [3.63, 3.8) is 0 Å². The van der Waals surface area contributed by atoms with Gasteiger partial charge in [-0.25, -0.2) is 0 Å². The summed E-state index contributed by atoms with van der Waals surface area (Å²) in [5.74, 6) is -2.48. The quantitative estimate of drug-likeness (QED) is 0.571. The van der Waals surface area contributed by atoms with Gasteiger partial charge in [-0.2, -0.15) is 0 Å². The van der Waals surface area contributed by atoms with Gasteiger partial charge in [0.25, 0.3) is 5.91 Å². The molecule has 0 aliphatic heterocycles. The van der Waals surface area contributed by atoms with Gasteiger partial charge in [-0.05, 0) is 31.5 Å². The molecule has 0 saturated heterocycles. The number of fused-ring (bicyclic) bond motifs is 1. The molecule has 4 N–H and O–H groups in total. The molecule has 3 aromatic rings. The van der Waals surface area contributed by atoms with Crippen molar-refractivity contribution in [3.8, 4) is 0 Å². The molecular weight excluding hydrogens is 370 g/mol. The Morgan fingerprint density at radius 2 is 1.76 bits per heavy atom. The Kier molecular flexibility index (Phi) is 5.59. The van der Waals surface area contributed by atoms with Gasteiger partial charge in [0.15, 0.2) is 0 Å². The second-order valence-electron chi connectivity index (χ2n) is 6.86. The maximum Gasteiger partial charge on any atom is 0.303 e. The number of nitrogens with two attached hydrogens (primary N) is 1. The van der Waals surface area contributed by atoms with E-state index in [-0.39, 0.29) is 12.8 Å². The first-order chi connectivity index (χ1) is 13.8. The summed E-state index contributed by atoms with van der Waals surface area (Å²) in [4.78, 5) is 41.2. The van der Waals surface area contributed by atoms with Crippen LogP contribution >= 0.6 is 0 Å². The van der Waals surface area contributed by atoms with Crippen molar-refractivity contribution in [2.75, 3.05) is 0 Å². The van der Waals surface area contributed by atoms with Crippen molar-refractivity contribution in [2.24, 2.45) is 5.73 Å². The number of para-hydroxylation sites is 1. The Bertz CT molecular complexity index is 1070. The molecule has 0 fully saturated rings. The zero-order valence-corrected chi connectivity index (χ0v) is 15.9. The minimum atomic E-state index is -1.73. The number of amides is 2. The number of nitrogens with one attached hydrogen (secondary N) is 1. The van der Waals surface area contributed by atoms with E-state index in [0.29, 0.717) is 16.6 Å². The van der Waals surface area contributed by atoms with E-state index in [1.165, 1.54) is 0 Å². The van der Waals surface area contributed by atoms with Gasteiger partial charge >= 0.3 is 5.97 Å². The highest BCUT2D eigenvalue weighted by atomic mass is 16.4.